The van der Waals surface area contributed by atoms with E-state index in [-0.39, 0.29) is 16.6 Å². The van der Waals surface area contributed by atoms with Crippen LogP contribution in [0.2, 0.25) is 0 Å². The van der Waals surface area contributed by atoms with Crippen LogP contribution in [0.1, 0.15) is 34.6 Å². The molecule has 2 aromatic carbocycles. The summed E-state index contributed by atoms with van der Waals surface area (Å²) in [7, 11) is -4.99. The number of fused-ring (bicyclic) bond motifs is 1. The molecule has 2 heterocycles. The van der Waals surface area contributed by atoms with Gasteiger partial charge in [-0.05, 0) is 55.6 Å². The number of anilines is 4. The summed E-state index contributed by atoms with van der Waals surface area (Å²) < 4.78 is 160. The van der Waals surface area contributed by atoms with Gasteiger partial charge in [-0.25, -0.2) is 18.5 Å². The van der Waals surface area contributed by atoms with Crippen molar-refractivity contribution in [3.8, 4) is 0 Å². The summed E-state index contributed by atoms with van der Waals surface area (Å²) in [6.07, 6.45) is -0.927. The first-order valence-corrected chi connectivity index (χ1v) is 9.74. The van der Waals surface area contributed by atoms with E-state index in [2.05, 4.69) is 20.4 Å². The van der Waals surface area contributed by atoms with Gasteiger partial charge in [0.15, 0.2) is 0 Å². The average molecular weight is 455 g/mol. The molecule has 31 heavy (non-hydrogen) atoms. The van der Waals surface area contributed by atoms with Gasteiger partial charge >= 0.3 is 0 Å². The van der Waals surface area contributed by atoms with Crippen LogP contribution in [0, 0.1) is 13.7 Å². The third kappa shape index (κ3) is 4.07. The van der Waals surface area contributed by atoms with Crippen LogP contribution in [0.4, 0.5) is 23.1 Å². The zero-order valence-corrected chi connectivity index (χ0v) is 16.1. The minimum atomic E-state index is -4.99. The molecule has 0 radical (unpaired) electrons. The number of nitrogens with two attached hydrogens (primary N) is 1. The van der Waals surface area contributed by atoms with E-state index >= 15 is 0 Å². The number of hydrogen-bond acceptors (Lipinski definition) is 7. The number of nitrogens with zero attached hydrogens (tertiary/aromatic N) is 5. The van der Waals surface area contributed by atoms with Crippen molar-refractivity contribution in [3.05, 3.63) is 59.8 Å². The van der Waals surface area contributed by atoms with Crippen LogP contribution in [-0.4, -0.2) is 35.1 Å². The van der Waals surface area contributed by atoms with E-state index in [1.807, 2.05) is 0 Å². The topological polar surface area (TPSA) is 119 Å². The number of hydrogen-bond donors (Lipinski definition) is 2. The van der Waals surface area contributed by atoms with Crippen LogP contribution in [0.5, 0.6) is 0 Å². The van der Waals surface area contributed by atoms with Crippen molar-refractivity contribution in [1.29, 1.82) is 0 Å². The lowest BCUT2D eigenvalue weighted by Gasteiger charge is -2.19. The molecule has 0 aliphatic carbocycles. The Labute approximate surface area is 204 Å². The fraction of sp³-hybridized carbons (Fsp3) is 0.190. The van der Waals surface area contributed by atoms with Crippen molar-refractivity contribution in [1.82, 2.24) is 19.7 Å². The van der Waals surface area contributed by atoms with E-state index in [1.54, 1.807) is 0 Å². The molecule has 0 aliphatic rings. The van der Waals surface area contributed by atoms with Gasteiger partial charge in [0.05, 0.1) is 17.3 Å². The first-order chi connectivity index (χ1) is 21.6. The van der Waals surface area contributed by atoms with Gasteiger partial charge in [0.1, 0.15) is 5.82 Å². The zero-order chi connectivity index (χ0) is 36.7. The molecular formula is C21H23N7O2S. The first kappa shape index (κ1) is 8.56. The lowest BCUT2D eigenvalue weighted by molar-refractivity contribution is 0.597. The van der Waals surface area contributed by atoms with Gasteiger partial charge in [0.2, 0.25) is 16.0 Å². The molecule has 0 amide bonds. The summed E-state index contributed by atoms with van der Waals surface area (Å²) in [5.41, 5.74) is -3.29. The molecule has 0 aliphatic heterocycles. The third-order valence-electron chi connectivity index (χ3n) is 3.97. The predicted octanol–water partition coefficient (Wildman–Crippen LogP) is 3.14. The summed E-state index contributed by atoms with van der Waals surface area (Å²) in [5, 5.41) is 11.1. The molecule has 0 unspecified atom stereocenters. The van der Waals surface area contributed by atoms with Crippen molar-refractivity contribution >= 4 is 44.1 Å². The van der Waals surface area contributed by atoms with Crippen molar-refractivity contribution in [2.24, 2.45) is 12.1 Å². The molecule has 0 saturated carbocycles. The van der Waals surface area contributed by atoms with Crippen molar-refractivity contribution in [2.45, 2.75) is 18.6 Å². The number of aryl methyl sites for hydroxylation is 2. The highest BCUT2D eigenvalue weighted by Crippen LogP contribution is 2.28. The number of benzene rings is 2. The summed E-state index contributed by atoms with van der Waals surface area (Å²) in [5.74, 6) is -1.60. The molecule has 0 spiro atoms. The highest BCUT2D eigenvalue weighted by molar-refractivity contribution is 7.89. The summed E-state index contributed by atoms with van der Waals surface area (Å²) >= 11 is 0. The molecule has 10 heteroatoms. The fourth-order valence-electron chi connectivity index (χ4n) is 2.56. The Bertz CT molecular complexity index is 2050. The van der Waals surface area contributed by atoms with E-state index in [4.69, 9.17) is 28.4 Å². The minimum Gasteiger partial charge on any atom is -0.329 e. The summed E-state index contributed by atoms with van der Waals surface area (Å²) in [6.45, 7) is -12.5. The SMILES string of the molecule is [2H]c1nc(Nc2c([2H])c([2H])c(C([2H])([2H])[2H])c(S(N)(=O)=O)c2[2H])nc(N(c2ccc3c(C([2H])([2H])[2H])n(C([2H])([2H])[2H])nc3c2)C([2H])([2H])[2H])c1[2H]. The maximum atomic E-state index is 12.3. The monoisotopic (exact) mass is 454 g/mol. The van der Waals surface area contributed by atoms with Crippen LogP contribution < -0.4 is 15.4 Å². The van der Waals surface area contributed by atoms with Gasteiger partial charge in [0.25, 0.3) is 0 Å². The first-order valence-electron chi connectivity index (χ1n) is 16.7. The molecule has 0 fully saturated rings. The molecule has 4 rings (SSSR count). The van der Waals surface area contributed by atoms with E-state index < -0.39 is 102 Å². The summed E-state index contributed by atoms with van der Waals surface area (Å²) in [4.78, 5) is 6.74. The maximum absolute atomic E-state index is 12.3. The lowest BCUT2D eigenvalue weighted by Crippen LogP contribution is -2.14. The number of primary sulfonamides is 1. The second-order valence-electron chi connectivity index (χ2n) is 6.03. The van der Waals surface area contributed by atoms with Crippen LogP contribution >= 0.6 is 0 Å². The van der Waals surface area contributed by atoms with Crippen molar-refractivity contribution in [3.63, 3.8) is 0 Å². The van der Waals surface area contributed by atoms with Gasteiger partial charge < -0.3 is 10.2 Å². The zero-order valence-electron chi connectivity index (χ0n) is 32.3. The van der Waals surface area contributed by atoms with E-state index in [1.165, 1.54) is 0 Å². The molecule has 4 aromatic rings. The molecule has 0 saturated heterocycles. The molecule has 2 aromatic heterocycles. The molecule has 3 N–H and O–H groups in total. The molecule has 0 bridgehead atoms. The molecule has 9 nitrogen and oxygen atoms in total. The maximum Gasteiger partial charge on any atom is 0.238 e. The largest absolute Gasteiger partial charge is 0.329 e. The Morgan fingerprint density at radius 2 is 2.16 bits per heavy atom. The quantitative estimate of drug-likeness (QED) is 0.475. The van der Waals surface area contributed by atoms with Crippen LogP contribution in [0.3, 0.4) is 0 Å². The van der Waals surface area contributed by atoms with Crippen LogP contribution in [0.15, 0.2) is 53.4 Å². The van der Waals surface area contributed by atoms with Crippen molar-refractivity contribution < 1.29 is 31.7 Å². The standard InChI is InChI=1S/C21H23N7O2S/c1-13-5-6-15(11-19(13)31(22,29)30)24-21-23-10-9-20(25-21)27(3)16-7-8-17-14(2)28(4)26-18(17)12-16/h5-12H,1-4H3,(H2,22,29,30)(H,23,24,25)/i1D3,2D3,3D3,4D3,5D,6D,9D,10D,11D. The Balaban J connectivity index is 1.96. The Hall–Kier alpha value is -3.50. The third-order valence-corrected chi connectivity index (χ3v) is 4.84. The number of sulfonamides is 1. The van der Waals surface area contributed by atoms with Gasteiger partial charge in [-0.3, -0.25) is 4.68 Å². The Morgan fingerprint density at radius 1 is 1.26 bits per heavy atom. The van der Waals surface area contributed by atoms with Crippen LogP contribution in [-0.2, 0) is 17.0 Å². The highest BCUT2D eigenvalue weighted by atomic mass is 32.2. The summed E-state index contributed by atoms with van der Waals surface area (Å²) in [6, 6.07) is -1.03. The van der Waals surface area contributed by atoms with E-state index in [9.17, 15) is 8.42 Å². The Morgan fingerprint density at radius 3 is 2.90 bits per heavy atom. The van der Waals surface area contributed by atoms with Gasteiger partial charge in [-0.1, -0.05) is 6.04 Å². The number of nitrogens with one attached hydrogen (secondary N) is 1. The average Bonchev–Trinajstić information content (AvgIpc) is 3.29. The second-order valence-corrected chi connectivity index (χ2v) is 7.53. The van der Waals surface area contributed by atoms with Crippen LogP contribution in [0.25, 0.3) is 10.9 Å². The van der Waals surface area contributed by atoms with Crippen molar-refractivity contribution in [2.75, 3.05) is 17.2 Å². The highest BCUT2D eigenvalue weighted by Gasteiger charge is 2.14. The normalized spacial score (nSPS) is 21.3. The molecule has 160 valence electrons. The van der Waals surface area contributed by atoms with E-state index in [0.717, 1.165) is 18.2 Å². The minimum absolute atomic E-state index is 0.152. The Kier molecular flexibility index (Phi) is 2.11. The number of rotatable bonds is 5. The number of aromatic nitrogens is 4. The van der Waals surface area contributed by atoms with E-state index in [0.29, 0.717) is 9.58 Å². The predicted molar refractivity (Wildman–Crippen MR) is 121 cm³/mol. The molecular weight excluding hydrogens is 414 g/mol. The lowest BCUT2D eigenvalue weighted by atomic mass is 10.2. The van der Waals surface area contributed by atoms with Gasteiger partial charge in [-0.15, -0.1) is 0 Å². The van der Waals surface area contributed by atoms with Gasteiger partial charge in [-0.2, -0.15) is 10.1 Å². The molecule has 0 atom stereocenters. The smallest absolute Gasteiger partial charge is 0.238 e. The van der Waals surface area contributed by atoms with Gasteiger partial charge in [0, 0.05) is 59.0 Å². The second kappa shape index (κ2) is 7.64. The fourth-order valence-corrected chi connectivity index (χ4v) is 3.14.